The standard InChI is InChI=1S/C21H27N2.C14H9N3O5.2ClH.Ru/c1-14-9-16(3)20(17(4)10-14)22-7-8-23(13-22)21-18(5)11-15(2)12-19(21)6;1-15(11-6-8-13(9-7-11)17(21)22)14(18)10-2-4-12(5-3-10)16(19)20;;;/h9-13H,7-8H2,1-6H3;1-9H;2*1H;/q-1;;;;+2/p-1. The third-order valence-corrected chi connectivity index (χ3v) is 9.37. The van der Waals surface area contributed by atoms with Gasteiger partial charge in [0.1, 0.15) is 0 Å². The van der Waals surface area contributed by atoms with Crippen molar-refractivity contribution >= 4 is 58.5 Å². The monoisotopic (exact) mass is 779 g/mol. The molecule has 1 N–H and O–H groups in total. The molecule has 0 aromatic heterocycles. The van der Waals surface area contributed by atoms with Gasteiger partial charge in [-0.3, -0.25) is 0 Å². The summed E-state index contributed by atoms with van der Waals surface area (Å²) in [6.07, 6.45) is 0. The number of hydrogen-bond acceptors (Lipinski definition) is 6. The van der Waals surface area contributed by atoms with E-state index in [4.69, 9.17) is 19.4 Å². The molecule has 0 spiro atoms. The van der Waals surface area contributed by atoms with Crippen LogP contribution in [0.1, 0.15) is 38.9 Å². The van der Waals surface area contributed by atoms with Crippen molar-refractivity contribution in [3.8, 4) is 0 Å². The second kappa shape index (κ2) is 15.8. The van der Waals surface area contributed by atoms with E-state index < -0.39 is 23.4 Å². The quantitative estimate of drug-likeness (QED) is 0.0611. The molecule has 1 saturated heterocycles. The molecule has 0 radical (unpaired) electrons. The minimum atomic E-state index is -2.36. The summed E-state index contributed by atoms with van der Waals surface area (Å²) in [5.74, 6) is -0.260. The van der Waals surface area contributed by atoms with Gasteiger partial charge in [-0.15, -0.1) is 0 Å². The number of carbonyl (C=O) groups excluding carboxylic acids is 1. The fourth-order valence-electron chi connectivity index (χ4n) is 5.98. The Morgan fingerprint density at radius 2 is 1.12 bits per heavy atom. The number of nitro groups is 2. The average molecular weight is 780 g/mol. The Balaban J connectivity index is 0.000000217. The van der Waals surface area contributed by atoms with Crippen LogP contribution >= 0.6 is 19.4 Å². The number of benzene rings is 4. The predicted molar refractivity (Wildman–Crippen MR) is 193 cm³/mol. The number of hydrogen-bond donors (Lipinski definition) is 0. The van der Waals surface area contributed by atoms with Gasteiger partial charge in [0.05, 0.1) is 0 Å². The summed E-state index contributed by atoms with van der Waals surface area (Å²) < 4.78 is 1.42. The molecule has 10 nitrogen and oxygen atoms in total. The van der Waals surface area contributed by atoms with Crippen LogP contribution in [0.2, 0.25) is 0 Å². The van der Waals surface area contributed by atoms with Crippen molar-refractivity contribution in [2.75, 3.05) is 27.8 Å². The number of nitro benzene ring substituents is 2. The van der Waals surface area contributed by atoms with Crippen molar-refractivity contribution in [3.05, 3.63) is 139 Å². The Kier molecular flexibility index (Phi) is 12.1. The van der Waals surface area contributed by atoms with Gasteiger partial charge in [0.15, 0.2) is 0 Å². The molecule has 13 heteroatoms. The van der Waals surface area contributed by atoms with Crippen LogP contribution in [0.15, 0.2) is 72.8 Å². The van der Waals surface area contributed by atoms with Gasteiger partial charge < -0.3 is 9.80 Å². The van der Waals surface area contributed by atoms with E-state index >= 15 is 0 Å². The number of aryl methyl sites for hydroxylation is 6. The van der Waals surface area contributed by atoms with Gasteiger partial charge in [-0.2, -0.15) is 6.67 Å². The number of amides is 1. The SMILES string of the molecule is Cc1cc(C)c(N2[CH-]N(c3c(C)cc(C)cc3C)CC2)c(C)c1.O=[N+]([O-])c1ccc(C(=[OH+])N([CH]=[Ru]([Cl])[Cl])c2ccc([N+](=O)[O-])cc2)cc1. The zero-order chi connectivity index (χ0) is 35.3. The van der Waals surface area contributed by atoms with Crippen LogP contribution in [0.25, 0.3) is 0 Å². The maximum atomic E-state index is 10.7. The molecule has 1 amide bonds. The minimum absolute atomic E-state index is 0.107. The first kappa shape index (κ1) is 36.7. The number of nitrogens with zero attached hydrogens (tertiary/aromatic N) is 5. The molecule has 4 aromatic rings. The van der Waals surface area contributed by atoms with Crippen molar-refractivity contribution < 1.29 is 28.2 Å². The molecule has 1 heterocycles. The van der Waals surface area contributed by atoms with Crippen LogP contribution in [0.3, 0.4) is 0 Å². The Morgan fingerprint density at radius 1 is 0.750 bits per heavy atom. The molecule has 254 valence electrons. The van der Waals surface area contributed by atoms with E-state index in [-0.39, 0.29) is 17.3 Å². The summed E-state index contributed by atoms with van der Waals surface area (Å²) in [4.78, 5) is 37.0. The Bertz CT molecular complexity index is 1770. The molecule has 5 rings (SSSR count). The normalized spacial score (nSPS) is 12.6. The third kappa shape index (κ3) is 8.83. The summed E-state index contributed by atoms with van der Waals surface area (Å²) in [6, 6.07) is 19.8. The molecule has 1 fully saturated rings. The molecular weight excluding hydrogens is 742 g/mol. The van der Waals surface area contributed by atoms with Crippen molar-refractivity contribution in [2.24, 2.45) is 0 Å². The first-order valence-corrected chi connectivity index (χ1v) is 20.4. The Labute approximate surface area is 293 Å². The van der Waals surface area contributed by atoms with Crippen LogP contribution < -0.4 is 14.7 Å². The summed E-state index contributed by atoms with van der Waals surface area (Å²) in [7, 11) is 11.8. The molecule has 0 aliphatic carbocycles. The van der Waals surface area contributed by atoms with Crippen LogP contribution in [-0.2, 0) is 13.5 Å². The van der Waals surface area contributed by atoms with Crippen LogP contribution in [0.4, 0.5) is 28.4 Å². The predicted octanol–water partition coefficient (Wildman–Crippen LogP) is 8.53. The molecule has 0 atom stereocenters. The van der Waals surface area contributed by atoms with E-state index in [1.54, 1.807) is 0 Å². The third-order valence-electron chi connectivity index (χ3n) is 7.77. The maximum absolute atomic E-state index is 10.7. The van der Waals surface area contributed by atoms with Crippen molar-refractivity contribution in [1.82, 2.24) is 0 Å². The zero-order valence-corrected chi connectivity index (χ0v) is 30.7. The van der Waals surface area contributed by atoms with Crippen molar-refractivity contribution in [3.63, 3.8) is 0 Å². The van der Waals surface area contributed by atoms with Crippen molar-refractivity contribution in [2.45, 2.75) is 41.5 Å². The molecule has 0 saturated carbocycles. The molecule has 4 aromatic carbocycles. The van der Waals surface area contributed by atoms with Gasteiger partial charge >= 0.3 is 154 Å². The van der Waals surface area contributed by atoms with Crippen LogP contribution in [-0.4, -0.2) is 38.4 Å². The van der Waals surface area contributed by atoms with E-state index in [0.29, 0.717) is 11.3 Å². The second-order valence-corrected chi connectivity index (χ2v) is 17.2. The van der Waals surface area contributed by atoms with Gasteiger partial charge in [-0.25, -0.2) is 0 Å². The Morgan fingerprint density at radius 3 is 1.48 bits per heavy atom. The zero-order valence-electron chi connectivity index (χ0n) is 27.4. The van der Waals surface area contributed by atoms with Crippen LogP contribution in [0, 0.1) is 68.4 Å². The van der Waals surface area contributed by atoms with E-state index in [1.165, 1.54) is 103 Å². The van der Waals surface area contributed by atoms with Gasteiger partial charge in [0.2, 0.25) is 0 Å². The van der Waals surface area contributed by atoms with Crippen LogP contribution in [0.5, 0.6) is 0 Å². The summed E-state index contributed by atoms with van der Waals surface area (Å²) in [5.41, 5.74) is 11.3. The number of non-ortho nitro benzene ring substituents is 2. The molecule has 1 aliphatic rings. The van der Waals surface area contributed by atoms with Gasteiger partial charge in [-0.1, -0.05) is 35.4 Å². The van der Waals surface area contributed by atoms with Gasteiger partial charge in [-0.05, 0) is 63.8 Å². The molecule has 48 heavy (non-hydrogen) atoms. The topological polar surface area (TPSA) is 117 Å². The fourth-order valence-corrected chi connectivity index (χ4v) is 7.61. The summed E-state index contributed by atoms with van der Waals surface area (Å²) in [5, 5.41) is 21.4. The fraction of sp³-hybridized carbons (Fsp3) is 0.229. The number of anilines is 3. The molecular formula is C35H37Cl2N5O5Ru. The Hall–Kier alpha value is -4.18. The van der Waals surface area contributed by atoms with E-state index in [1.807, 2.05) is 0 Å². The molecule has 0 bridgehead atoms. The molecule has 1 aliphatic heterocycles. The average Bonchev–Trinajstić information content (AvgIpc) is 3.47. The van der Waals surface area contributed by atoms with Gasteiger partial charge in [0.25, 0.3) is 0 Å². The first-order chi connectivity index (χ1) is 22.7. The number of rotatable bonds is 7. The summed E-state index contributed by atoms with van der Waals surface area (Å²) >= 11 is -2.36. The summed E-state index contributed by atoms with van der Waals surface area (Å²) in [6.45, 7) is 17.6. The first-order valence-electron chi connectivity index (χ1n) is 14.9. The molecule has 0 unspecified atom stereocenters. The van der Waals surface area contributed by atoms with Crippen molar-refractivity contribution in [1.29, 1.82) is 0 Å². The van der Waals surface area contributed by atoms with Gasteiger partial charge in [0, 0.05) is 24.5 Å². The number of halogens is 2. The van der Waals surface area contributed by atoms with E-state index in [2.05, 4.69) is 82.3 Å². The van der Waals surface area contributed by atoms with E-state index in [9.17, 15) is 25.0 Å². The second-order valence-electron chi connectivity index (χ2n) is 11.6. The van der Waals surface area contributed by atoms with E-state index in [0.717, 1.165) is 13.1 Å².